The number of pyridine rings is 1. The Balaban J connectivity index is 1.47. The van der Waals surface area contributed by atoms with Crippen molar-refractivity contribution >= 4 is 39.8 Å². The molecule has 1 N–H and O–H groups in total. The summed E-state index contributed by atoms with van der Waals surface area (Å²) >= 11 is 0. The Hall–Kier alpha value is -4.06. The molecule has 1 amide bonds. The van der Waals surface area contributed by atoms with E-state index in [9.17, 15) is 4.79 Å². The summed E-state index contributed by atoms with van der Waals surface area (Å²) in [5.41, 5.74) is 4.53. The molecule has 15 heteroatoms. The number of H-pyrrole nitrogens is 1. The minimum Gasteiger partial charge on any atom is -0.501 e. The number of ether oxygens (including phenoxy) is 4. The van der Waals surface area contributed by atoms with E-state index in [1.54, 1.807) is 18.7 Å². The number of piperidine rings is 1. The molecule has 3 atom stereocenters. The molecular formula is C42H64N8O5Si2. The molecule has 2 unspecified atom stereocenters. The van der Waals surface area contributed by atoms with Crippen molar-refractivity contribution in [3.63, 3.8) is 0 Å². The number of amides is 1. The van der Waals surface area contributed by atoms with Gasteiger partial charge in [0, 0.05) is 82.6 Å². The number of nitrogens with zero attached hydrogens (tertiary/aromatic N) is 7. The number of aromatic amines is 1. The first-order valence-electron chi connectivity index (χ1n) is 20.6. The van der Waals surface area contributed by atoms with E-state index in [-0.39, 0.29) is 24.1 Å². The molecule has 0 saturated carbocycles. The fraction of sp³-hybridized carbons (Fsp3) is 0.595. The number of imidazole rings is 1. The lowest BCUT2D eigenvalue weighted by atomic mass is 9.86. The third-order valence-electron chi connectivity index (χ3n) is 10.5. The van der Waals surface area contributed by atoms with Crippen LogP contribution in [0.5, 0.6) is 0 Å². The molecule has 6 rings (SSSR count). The van der Waals surface area contributed by atoms with E-state index in [1.807, 2.05) is 67.7 Å². The van der Waals surface area contributed by atoms with Gasteiger partial charge in [-0.3, -0.25) is 4.98 Å². The first-order valence-corrected chi connectivity index (χ1v) is 28.0. The number of nitrogens with one attached hydrogen (secondary N) is 1. The van der Waals surface area contributed by atoms with Crippen LogP contribution in [-0.2, 0) is 18.9 Å². The van der Waals surface area contributed by atoms with E-state index < -0.39 is 21.7 Å². The second kappa shape index (κ2) is 17.8. The van der Waals surface area contributed by atoms with E-state index in [1.165, 1.54) is 0 Å². The number of anilines is 1. The van der Waals surface area contributed by atoms with Crippen LogP contribution in [0.2, 0.25) is 51.4 Å². The van der Waals surface area contributed by atoms with Crippen LogP contribution < -0.4 is 4.90 Å². The third-order valence-corrected chi connectivity index (χ3v) is 13.9. The predicted molar refractivity (Wildman–Crippen MR) is 232 cm³/mol. The SMILES string of the molecule is CCO/C=C\c1c(C2CC3CC[C@H](C2)N3C(=O)OC(C)(C)C)nc2c(-c3ccc(-c4ncc[nH]4)nc3)cnn2c1N(COCC[Si](C)(C)C)COCC[Si](C)(C)C. The Labute approximate surface area is 340 Å². The Morgan fingerprint density at radius 2 is 1.63 bits per heavy atom. The van der Waals surface area contributed by atoms with Crippen molar-refractivity contribution in [1.29, 1.82) is 0 Å². The third kappa shape index (κ3) is 10.9. The molecule has 0 spiro atoms. The number of fused-ring (bicyclic) bond motifs is 3. The van der Waals surface area contributed by atoms with Gasteiger partial charge >= 0.3 is 6.09 Å². The van der Waals surface area contributed by atoms with Gasteiger partial charge in [-0.2, -0.15) is 9.61 Å². The molecule has 0 aliphatic carbocycles. The first kappa shape index (κ1) is 42.5. The van der Waals surface area contributed by atoms with Gasteiger partial charge in [0.25, 0.3) is 0 Å². The maximum absolute atomic E-state index is 13.5. The number of carbonyl (C=O) groups excluding carboxylic acids is 1. The molecule has 0 aromatic carbocycles. The van der Waals surface area contributed by atoms with Crippen LogP contribution in [0.3, 0.4) is 0 Å². The van der Waals surface area contributed by atoms with Gasteiger partial charge in [-0.15, -0.1) is 0 Å². The van der Waals surface area contributed by atoms with Crippen molar-refractivity contribution in [2.75, 3.05) is 38.2 Å². The minimum atomic E-state index is -1.33. The Kier molecular flexibility index (Phi) is 13.3. The number of aromatic nitrogens is 6. The van der Waals surface area contributed by atoms with Crippen LogP contribution in [-0.4, -0.2) is 108 Å². The lowest BCUT2D eigenvalue weighted by molar-refractivity contribution is 0.00568. The summed E-state index contributed by atoms with van der Waals surface area (Å²) in [4.78, 5) is 35.5. The second-order valence-electron chi connectivity index (χ2n) is 18.8. The molecule has 310 valence electrons. The van der Waals surface area contributed by atoms with Gasteiger partial charge in [0.1, 0.15) is 30.6 Å². The van der Waals surface area contributed by atoms with Crippen LogP contribution in [0.4, 0.5) is 10.6 Å². The fourth-order valence-corrected chi connectivity index (χ4v) is 9.09. The smallest absolute Gasteiger partial charge is 0.410 e. The van der Waals surface area contributed by atoms with Gasteiger partial charge < -0.3 is 33.7 Å². The average molecular weight is 817 g/mol. The average Bonchev–Trinajstić information content (AvgIpc) is 3.88. The lowest BCUT2D eigenvalue weighted by Crippen LogP contribution is -2.48. The van der Waals surface area contributed by atoms with Crippen LogP contribution in [0, 0.1) is 0 Å². The van der Waals surface area contributed by atoms with Crippen LogP contribution >= 0.6 is 0 Å². The quantitative estimate of drug-likeness (QED) is 0.0476. The maximum Gasteiger partial charge on any atom is 0.410 e. The van der Waals surface area contributed by atoms with E-state index in [0.717, 1.165) is 77.3 Å². The topological polar surface area (TPSA) is 132 Å². The van der Waals surface area contributed by atoms with E-state index in [2.05, 4.69) is 54.1 Å². The standard InChI is InChI=1S/C42H64N8O5Si2/c1-11-52-19-16-34-37(31-24-32-13-14-33(25-31)49(32)41(51)55-42(2,3)4)47-39-35(30-12-15-36(45-26-30)38-43-17-18-44-38)27-46-50(39)40(34)48(28-53-20-22-56(5,6)7)29-54-21-23-57(8,9)10/h12,15-19,26-27,31-33H,11,13-14,20-25,28-29H2,1-10H3,(H,43,44)/b19-16-/t31?,32-,33?/m1/s1. The molecule has 4 aromatic rings. The largest absolute Gasteiger partial charge is 0.501 e. The molecule has 2 saturated heterocycles. The van der Waals surface area contributed by atoms with Crippen LogP contribution in [0.25, 0.3) is 34.4 Å². The highest BCUT2D eigenvalue weighted by atomic mass is 28.3. The maximum atomic E-state index is 13.5. The number of carbonyl (C=O) groups is 1. The zero-order valence-corrected chi connectivity index (χ0v) is 37.8. The fourth-order valence-electron chi connectivity index (χ4n) is 7.58. The monoisotopic (exact) mass is 816 g/mol. The van der Waals surface area contributed by atoms with Crippen molar-refractivity contribution in [3.8, 4) is 22.6 Å². The highest BCUT2D eigenvalue weighted by molar-refractivity contribution is 6.76. The van der Waals surface area contributed by atoms with Crippen molar-refractivity contribution in [3.05, 3.63) is 54.4 Å². The zero-order valence-electron chi connectivity index (χ0n) is 35.8. The van der Waals surface area contributed by atoms with Crippen LogP contribution in [0.1, 0.15) is 70.6 Å². The molecule has 13 nitrogen and oxygen atoms in total. The highest BCUT2D eigenvalue weighted by Crippen LogP contribution is 2.46. The molecule has 2 aliphatic heterocycles. The predicted octanol–water partition coefficient (Wildman–Crippen LogP) is 9.27. The van der Waals surface area contributed by atoms with E-state index in [0.29, 0.717) is 39.1 Å². The second-order valence-corrected chi connectivity index (χ2v) is 30.1. The number of hydrogen-bond acceptors (Lipinski definition) is 10. The van der Waals surface area contributed by atoms with E-state index in [4.69, 9.17) is 34.0 Å². The van der Waals surface area contributed by atoms with Gasteiger partial charge in [0.2, 0.25) is 0 Å². The Morgan fingerprint density at radius 1 is 0.965 bits per heavy atom. The Bertz CT molecular complexity index is 1930. The summed E-state index contributed by atoms with van der Waals surface area (Å²) < 4.78 is 26.7. The molecular weight excluding hydrogens is 753 g/mol. The van der Waals surface area contributed by atoms with Gasteiger partial charge in [-0.1, -0.05) is 45.3 Å². The molecule has 6 heterocycles. The van der Waals surface area contributed by atoms with E-state index >= 15 is 0 Å². The van der Waals surface area contributed by atoms with Crippen molar-refractivity contribution in [1.82, 2.24) is 34.4 Å². The first-order chi connectivity index (χ1) is 27.0. The summed E-state index contributed by atoms with van der Waals surface area (Å²) in [6.45, 7) is 24.5. The summed E-state index contributed by atoms with van der Waals surface area (Å²) in [5.74, 6) is 1.61. The Morgan fingerprint density at radius 3 is 2.18 bits per heavy atom. The summed E-state index contributed by atoms with van der Waals surface area (Å²) in [7, 11) is -2.67. The molecule has 57 heavy (non-hydrogen) atoms. The normalized spacial score (nSPS) is 18.8. The summed E-state index contributed by atoms with van der Waals surface area (Å²) in [5, 5.41) is 5.03. The van der Waals surface area contributed by atoms with Crippen molar-refractivity contribution in [2.45, 2.75) is 128 Å². The minimum absolute atomic E-state index is 0.0578. The molecule has 2 aliphatic rings. The highest BCUT2D eigenvalue weighted by Gasteiger charge is 2.46. The number of hydrogen-bond donors (Lipinski definition) is 1. The number of rotatable bonds is 17. The molecule has 4 aromatic heterocycles. The van der Waals surface area contributed by atoms with Gasteiger partial charge in [-0.25, -0.2) is 14.8 Å². The lowest BCUT2D eigenvalue weighted by Gasteiger charge is -2.40. The van der Waals surface area contributed by atoms with Crippen LogP contribution in [0.15, 0.2) is 43.2 Å². The van der Waals surface area contributed by atoms with Gasteiger partial charge in [-0.05, 0) is 77.6 Å². The molecule has 2 bridgehead atoms. The summed E-state index contributed by atoms with van der Waals surface area (Å²) in [6.07, 6.45) is 14.2. The summed E-state index contributed by atoms with van der Waals surface area (Å²) in [6, 6.07) is 6.23. The molecule has 2 fully saturated rings. The van der Waals surface area contributed by atoms with Gasteiger partial charge in [0.05, 0.1) is 24.8 Å². The van der Waals surface area contributed by atoms with Crippen molar-refractivity contribution < 1.29 is 23.7 Å². The van der Waals surface area contributed by atoms with Gasteiger partial charge in [0.15, 0.2) is 11.5 Å². The van der Waals surface area contributed by atoms with Crippen molar-refractivity contribution in [2.24, 2.45) is 0 Å². The zero-order chi connectivity index (χ0) is 41.0. The molecule has 0 radical (unpaired) electrons.